The average Bonchev–Trinajstić information content (AvgIpc) is 2.56. The van der Waals surface area contributed by atoms with Gasteiger partial charge in [-0.3, -0.25) is 4.79 Å². The van der Waals surface area contributed by atoms with Gasteiger partial charge in [-0.25, -0.2) is 0 Å². The molecule has 2 rings (SSSR count). The molecule has 3 heteroatoms. The first-order valence-corrected chi connectivity index (χ1v) is 4.28. The van der Waals surface area contributed by atoms with E-state index in [-0.39, 0.29) is 17.4 Å². The Morgan fingerprint density at radius 2 is 2.09 bits per heavy atom. The second-order valence-electron chi connectivity index (χ2n) is 3.76. The van der Waals surface area contributed by atoms with E-state index >= 15 is 0 Å². The highest BCUT2D eigenvalue weighted by Gasteiger charge is 2.47. The molecule has 3 nitrogen and oxygen atoms in total. The fraction of sp³-hybridized carbons (Fsp3) is 0.875. The second kappa shape index (κ2) is 2.21. The zero-order valence-electron chi connectivity index (χ0n) is 6.60. The van der Waals surface area contributed by atoms with Gasteiger partial charge in [-0.05, 0) is 12.8 Å². The van der Waals surface area contributed by atoms with E-state index in [1.807, 2.05) is 0 Å². The van der Waals surface area contributed by atoms with Crippen LogP contribution < -0.4 is 11.1 Å². The lowest BCUT2D eigenvalue weighted by atomic mass is 9.82. The quantitative estimate of drug-likeness (QED) is 0.516. The third-order valence-corrected chi connectivity index (χ3v) is 3.16. The fourth-order valence-electron chi connectivity index (χ4n) is 2.33. The number of carbonyl (C=O) groups is 1. The Kier molecular flexibility index (Phi) is 1.42. The molecule has 0 bridgehead atoms. The number of nitrogens with two attached hydrogens (primary N) is 1. The molecule has 0 aromatic heterocycles. The minimum absolute atomic E-state index is 0.0481. The maximum Gasteiger partial charge on any atom is 0.237 e. The van der Waals surface area contributed by atoms with Gasteiger partial charge in [0, 0.05) is 12.0 Å². The summed E-state index contributed by atoms with van der Waals surface area (Å²) in [4.78, 5) is 11.1. The van der Waals surface area contributed by atoms with Crippen LogP contribution in [-0.4, -0.2) is 18.5 Å². The molecule has 1 heterocycles. The fourth-order valence-corrected chi connectivity index (χ4v) is 2.33. The van der Waals surface area contributed by atoms with E-state index in [4.69, 9.17) is 5.73 Å². The van der Waals surface area contributed by atoms with Crippen molar-refractivity contribution in [1.29, 1.82) is 0 Å². The molecular formula is C8H14N2O. The molecule has 1 amide bonds. The van der Waals surface area contributed by atoms with Crippen molar-refractivity contribution in [2.45, 2.75) is 31.7 Å². The summed E-state index contributed by atoms with van der Waals surface area (Å²) in [5.41, 5.74) is 5.94. The standard InChI is InChI=1S/C8H14N2O/c9-6-7(11)10-5-8(6)3-1-2-4-8/h6H,1-5,9H2,(H,10,11). The molecule has 1 spiro atoms. The van der Waals surface area contributed by atoms with Gasteiger partial charge in [0.25, 0.3) is 0 Å². The second-order valence-corrected chi connectivity index (χ2v) is 3.76. The van der Waals surface area contributed by atoms with Crippen molar-refractivity contribution >= 4 is 5.91 Å². The van der Waals surface area contributed by atoms with Gasteiger partial charge in [-0.2, -0.15) is 0 Å². The molecule has 1 aliphatic heterocycles. The van der Waals surface area contributed by atoms with E-state index < -0.39 is 0 Å². The average molecular weight is 154 g/mol. The predicted octanol–water partition coefficient (Wildman–Crippen LogP) is 0.00390. The van der Waals surface area contributed by atoms with Crippen LogP contribution in [0.1, 0.15) is 25.7 Å². The summed E-state index contributed by atoms with van der Waals surface area (Å²) >= 11 is 0. The van der Waals surface area contributed by atoms with Crippen molar-refractivity contribution in [3.63, 3.8) is 0 Å². The van der Waals surface area contributed by atoms with Gasteiger partial charge in [-0.1, -0.05) is 12.8 Å². The third kappa shape index (κ3) is 0.872. The first-order valence-electron chi connectivity index (χ1n) is 4.28. The summed E-state index contributed by atoms with van der Waals surface area (Å²) < 4.78 is 0. The molecule has 62 valence electrons. The maximum atomic E-state index is 11.1. The molecule has 1 aliphatic carbocycles. The van der Waals surface area contributed by atoms with Gasteiger partial charge in [0.1, 0.15) is 0 Å². The summed E-state index contributed by atoms with van der Waals surface area (Å²) in [7, 11) is 0. The Bertz CT molecular complexity index is 185. The van der Waals surface area contributed by atoms with Crippen molar-refractivity contribution in [2.75, 3.05) is 6.54 Å². The molecule has 1 unspecified atom stereocenters. The smallest absolute Gasteiger partial charge is 0.237 e. The van der Waals surface area contributed by atoms with Crippen molar-refractivity contribution in [1.82, 2.24) is 5.32 Å². The first-order chi connectivity index (χ1) is 5.25. The van der Waals surface area contributed by atoms with Crippen molar-refractivity contribution < 1.29 is 4.79 Å². The van der Waals surface area contributed by atoms with E-state index in [0.29, 0.717) is 0 Å². The Morgan fingerprint density at radius 3 is 2.55 bits per heavy atom. The van der Waals surface area contributed by atoms with Crippen LogP contribution in [0.25, 0.3) is 0 Å². The van der Waals surface area contributed by atoms with Crippen LogP contribution in [0.15, 0.2) is 0 Å². The van der Waals surface area contributed by atoms with Crippen LogP contribution in [0.2, 0.25) is 0 Å². The molecule has 0 aromatic rings. The number of amides is 1. The lowest BCUT2D eigenvalue weighted by Crippen LogP contribution is -2.40. The number of rotatable bonds is 0. The highest BCUT2D eigenvalue weighted by atomic mass is 16.2. The Balaban J connectivity index is 2.19. The normalized spacial score (nSPS) is 34.6. The Hall–Kier alpha value is -0.570. The van der Waals surface area contributed by atoms with Gasteiger partial charge in [0.15, 0.2) is 0 Å². The summed E-state index contributed by atoms with van der Waals surface area (Å²) in [6.45, 7) is 0.812. The molecule has 3 N–H and O–H groups in total. The molecule has 1 saturated heterocycles. The number of nitrogens with one attached hydrogen (secondary N) is 1. The SMILES string of the molecule is NC1C(=O)NCC12CCCC2. The molecule has 0 aromatic carbocycles. The van der Waals surface area contributed by atoms with E-state index in [2.05, 4.69) is 5.32 Å². The van der Waals surface area contributed by atoms with Crippen LogP contribution in [0.5, 0.6) is 0 Å². The van der Waals surface area contributed by atoms with Crippen molar-refractivity contribution in [3.05, 3.63) is 0 Å². The highest BCUT2D eigenvalue weighted by Crippen LogP contribution is 2.42. The maximum absolute atomic E-state index is 11.1. The summed E-state index contributed by atoms with van der Waals surface area (Å²) in [6, 6.07) is -0.231. The van der Waals surface area contributed by atoms with Crippen molar-refractivity contribution in [2.24, 2.45) is 11.1 Å². The summed E-state index contributed by atoms with van der Waals surface area (Å²) in [6.07, 6.45) is 4.74. The molecule has 1 saturated carbocycles. The number of hydrogen-bond donors (Lipinski definition) is 2. The summed E-state index contributed by atoms with van der Waals surface area (Å²) in [5.74, 6) is 0.0481. The van der Waals surface area contributed by atoms with Crippen LogP contribution in [0.4, 0.5) is 0 Å². The molecule has 2 fully saturated rings. The van der Waals surface area contributed by atoms with Gasteiger partial charge in [0.2, 0.25) is 5.91 Å². The number of hydrogen-bond acceptors (Lipinski definition) is 2. The third-order valence-electron chi connectivity index (χ3n) is 3.16. The predicted molar refractivity (Wildman–Crippen MR) is 41.9 cm³/mol. The van der Waals surface area contributed by atoms with Gasteiger partial charge in [-0.15, -0.1) is 0 Å². The molecular weight excluding hydrogens is 140 g/mol. The topological polar surface area (TPSA) is 55.1 Å². The van der Waals surface area contributed by atoms with Crippen LogP contribution in [-0.2, 0) is 4.79 Å². The first kappa shape index (κ1) is 7.10. The van der Waals surface area contributed by atoms with Crippen LogP contribution in [0.3, 0.4) is 0 Å². The molecule has 0 radical (unpaired) electrons. The minimum Gasteiger partial charge on any atom is -0.354 e. The monoisotopic (exact) mass is 154 g/mol. The largest absolute Gasteiger partial charge is 0.354 e. The minimum atomic E-state index is -0.231. The van der Waals surface area contributed by atoms with Gasteiger partial charge >= 0.3 is 0 Å². The van der Waals surface area contributed by atoms with Gasteiger partial charge < -0.3 is 11.1 Å². The van der Waals surface area contributed by atoms with Crippen LogP contribution >= 0.6 is 0 Å². The molecule has 1 atom stereocenters. The lowest BCUT2D eigenvalue weighted by molar-refractivity contribution is -0.121. The van der Waals surface area contributed by atoms with E-state index in [0.717, 1.165) is 19.4 Å². The summed E-state index contributed by atoms with van der Waals surface area (Å²) in [5, 5.41) is 2.84. The van der Waals surface area contributed by atoms with Crippen LogP contribution in [0, 0.1) is 5.41 Å². The molecule has 11 heavy (non-hydrogen) atoms. The van der Waals surface area contributed by atoms with E-state index in [9.17, 15) is 4.79 Å². The van der Waals surface area contributed by atoms with E-state index in [1.165, 1.54) is 12.8 Å². The zero-order valence-corrected chi connectivity index (χ0v) is 6.60. The Morgan fingerprint density at radius 1 is 1.45 bits per heavy atom. The number of carbonyl (C=O) groups excluding carboxylic acids is 1. The Labute approximate surface area is 66.3 Å². The zero-order chi connectivity index (χ0) is 7.90. The van der Waals surface area contributed by atoms with E-state index in [1.54, 1.807) is 0 Å². The lowest BCUT2D eigenvalue weighted by Gasteiger charge is -2.24. The highest BCUT2D eigenvalue weighted by molar-refractivity contribution is 5.85. The van der Waals surface area contributed by atoms with Crippen molar-refractivity contribution in [3.8, 4) is 0 Å². The molecule has 2 aliphatic rings. The van der Waals surface area contributed by atoms with Gasteiger partial charge in [0.05, 0.1) is 6.04 Å².